The van der Waals surface area contributed by atoms with Crippen molar-refractivity contribution in [3.8, 4) is 22.9 Å². The summed E-state index contributed by atoms with van der Waals surface area (Å²) in [5.41, 5.74) is 2.26. The fourth-order valence-corrected chi connectivity index (χ4v) is 3.89. The lowest BCUT2D eigenvalue weighted by atomic mass is 10.2. The summed E-state index contributed by atoms with van der Waals surface area (Å²) in [6.45, 7) is 0.286. The number of carbonyl (C=O) groups is 2. The second kappa shape index (κ2) is 9.48. The highest BCUT2D eigenvalue weighted by molar-refractivity contribution is 7.15. The minimum absolute atomic E-state index is 0.286. The molecular weight excluding hydrogens is 430 g/mol. The highest BCUT2D eigenvalue weighted by atomic mass is 32.1. The number of rotatable bonds is 7. The van der Waals surface area contributed by atoms with Crippen LogP contribution >= 0.6 is 11.3 Å². The Balaban J connectivity index is 1.35. The van der Waals surface area contributed by atoms with Crippen molar-refractivity contribution < 1.29 is 19.1 Å². The second-order valence-corrected chi connectivity index (χ2v) is 7.61. The van der Waals surface area contributed by atoms with Crippen molar-refractivity contribution >= 4 is 33.8 Å². The van der Waals surface area contributed by atoms with Crippen LogP contribution in [0.2, 0.25) is 0 Å². The summed E-state index contributed by atoms with van der Waals surface area (Å²) < 4.78 is 12.0. The molecule has 10 heteroatoms. The van der Waals surface area contributed by atoms with Gasteiger partial charge in [0.05, 0.1) is 19.9 Å². The molecule has 2 N–H and O–H groups in total. The molecule has 0 aliphatic heterocycles. The summed E-state index contributed by atoms with van der Waals surface area (Å²) in [7, 11) is 3.15. The van der Waals surface area contributed by atoms with Gasteiger partial charge in [-0.3, -0.25) is 9.59 Å². The Morgan fingerprint density at radius 1 is 1.03 bits per heavy atom. The summed E-state index contributed by atoms with van der Waals surface area (Å²) in [4.78, 5) is 29.6. The molecule has 0 aliphatic carbocycles. The average Bonchev–Trinajstić information content (AvgIpc) is 3.41. The van der Waals surface area contributed by atoms with E-state index in [2.05, 4.69) is 20.7 Å². The molecule has 0 atom stereocenters. The Bertz CT molecular complexity index is 1250. The number of methoxy groups -OCH3 is 2. The topological polar surface area (TPSA) is 107 Å². The molecule has 2 heterocycles. The van der Waals surface area contributed by atoms with E-state index in [0.717, 1.165) is 22.0 Å². The van der Waals surface area contributed by atoms with Gasteiger partial charge in [-0.05, 0) is 36.4 Å². The highest BCUT2D eigenvalue weighted by Gasteiger charge is 2.15. The second-order valence-electron chi connectivity index (χ2n) is 6.78. The van der Waals surface area contributed by atoms with Crippen molar-refractivity contribution in [3.63, 3.8) is 0 Å². The summed E-state index contributed by atoms with van der Waals surface area (Å²) in [5, 5.41) is 11.7. The molecule has 32 heavy (non-hydrogen) atoms. The third-order valence-electron chi connectivity index (χ3n) is 4.70. The fraction of sp³-hybridized carbons (Fsp3) is 0.182. The van der Waals surface area contributed by atoms with Gasteiger partial charge in [-0.2, -0.15) is 4.98 Å². The van der Waals surface area contributed by atoms with Gasteiger partial charge in [0.15, 0.2) is 5.82 Å². The number of hydrogen-bond donors (Lipinski definition) is 2. The molecule has 2 aromatic carbocycles. The molecule has 0 saturated carbocycles. The lowest BCUT2D eigenvalue weighted by Crippen LogP contribution is -2.36. The van der Waals surface area contributed by atoms with Crippen molar-refractivity contribution in [1.29, 1.82) is 0 Å². The zero-order chi connectivity index (χ0) is 22.5. The van der Waals surface area contributed by atoms with Gasteiger partial charge in [-0.1, -0.05) is 6.07 Å². The van der Waals surface area contributed by atoms with Gasteiger partial charge in [-0.15, -0.1) is 16.4 Å². The molecule has 2 amide bonds. The number of nitrogens with one attached hydrogen (secondary N) is 2. The van der Waals surface area contributed by atoms with Crippen LogP contribution in [-0.4, -0.2) is 47.2 Å². The van der Waals surface area contributed by atoms with Crippen molar-refractivity contribution in [2.24, 2.45) is 0 Å². The predicted octanol–water partition coefficient (Wildman–Crippen LogP) is 2.77. The van der Waals surface area contributed by atoms with Crippen LogP contribution in [0.3, 0.4) is 0 Å². The minimum Gasteiger partial charge on any atom is -0.497 e. The Labute approximate surface area is 188 Å². The smallest absolute Gasteiger partial charge is 0.313 e. The Morgan fingerprint density at radius 2 is 1.81 bits per heavy atom. The van der Waals surface area contributed by atoms with Crippen molar-refractivity contribution in [3.05, 3.63) is 59.6 Å². The molecule has 4 rings (SSSR count). The Hall–Kier alpha value is -3.92. The molecule has 2 aromatic heterocycles. The van der Waals surface area contributed by atoms with E-state index < -0.39 is 11.8 Å². The standard InChI is InChI=1S/C22H21N5O4S/c1-30-17-8-6-14(7-9-17)19-25-22-27(26-19)16(13-32-22)10-11-23-20(28)21(29)24-15-4-3-5-18(12-15)31-2/h3-9,12-13H,10-11H2,1-2H3,(H,23,28)(H,24,29). The van der Waals surface area contributed by atoms with Gasteiger partial charge >= 0.3 is 11.8 Å². The first kappa shape index (κ1) is 21.3. The van der Waals surface area contributed by atoms with E-state index in [9.17, 15) is 9.59 Å². The van der Waals surface area contributed by atoms with Gasteiger partial charge in [-0.25, -0.2) is 4.52 Å². The van der Waals surface area contributed by atoms with E-state index in [1.54, 1.807) is 35.9 Å². The maximum atomic E-state index is 12.1. The number of aromatic nitrogens is 3. The number of amides is 2. The van der Waals surface area contributed by atoms with Crippen LogP contribution in [-0.2, 0) is 16.0 Å². The number of anilines is 1. The number of ether oxygens (including phenoxy) is 2. The van der Waals surface area contributed by atoms with Crippen LogP contribution in [0.15, 0.2) is 53.9 Å². The lowest BCUT2D eigenvalue weighted by Gasteiger charge is -2.07. The van der Waals surface area contributed by atoms with Gasteiger partial charge in [0.1, 0.15) is 11.5 Å². The van der Waals surface area contributed by atoms with Gasteiger partial charge in [0.2, 0.25) is 4.96 Å². The fourth-order valence-electron chi connectivity index (χ4n) is 3.03. The molecule has 0 saturated heterocycles. The van der Waals surface area contributed by atoms with Crippen LogP contribution in [0.4, 0.5) is 5.69 Å². The van der Waals surface area contributed by atoms with E-state index in [0.29, 0.717) is 23.7 Å². The maximum absolute atomic E-state index is 12.1. The van der Waals surface area contributed by atoms with Crippen LogP contribution < -0.4 is 20.1 Å². The first-order valence-electron chi connectivity index (χ1n) is 9.78. The van der Waals surface area contributed by atoms with Crippen LogP contribution in [0.5, 0.6) is 11.5 Å². The number of carbonyl (C=O) groups excluding carboxylic acids is 2. The summed E-state index contributed by atoms with van der Waals surface area (Å²) in [6, 6.07) is 14.3. The van der Waals surface area contributed by atoms with Crippen molar-refractivity contribution in [2.45, 2.75) is 6.42 Å². The quantitative estimate of drug-likeness (QED) is 0.419. The first-order valence-corrected chi connectivity index (χ1v) is 10.7. The minimum atomic E-state index is -0.740. The predicted molar refractivity (Wildman–Crippen MR) is 121 cm³/mol. The van der Waals surface area contributed by atoms with Gasteiger partial charge in [0.25, 0.3) is 0 Å². The third-order valence-corrected chi connectivity index (χ3v) is 5.56. The maximum Gasteiger partial charge on any atom is 0.313 e. The lowest BCUT2D eigenvalue weighted by molar-refractivity contribution is -0.136. The molecule has 0 radical (unpaired) electrons. The molecule has 0 unspecified atom stereocenters. The molecule has 164 valence electrons. The summed E-state index contributed by atoms with van der Waals surface area (Å²) in [6.07, 6.45) is 0.504. The monoisotopic (exact) mass is 451 g/mol. The number of hydrogen-bond acceptors (Lipinski definition) is 7. The molecule has 4 aromatic rings. The number of nitrogens with zero attached hydrogens (tertiary/aromatic N) is 3. The average molecular weight is 452 g/mol. The van der Waals surface area contributed by atoms with E-state index in [1.165, 1.54) is 18.4 Å². The van der Waals surface area contributed by atoms with E-state index in [4.69, 9.17) is 9.47 Å². The van der Waals surface area contributed by atoms with Crippen molar-refractivity contribution in [1.82, 2.24) is 19.9 Å². The molecule has 0 spiro atoms. The Morgan fingerprint density at radius 3 is 2.56 bits per heavy atom. The van der Waals surface area contributed by atoms with E-state index in [-0.39, 0.29) is 6.54 Å². The molecule has 0 aliphatic rings. The number of thiazole rings is 1. The van der Waals surface area contributed by atoms with Gasteiger partial charge < -0.3 is 20.1 Å². The molecule has 0 fully saturated rings. The van der Waals surface area contributed by atoms with Gasteiger partial charge in [0, 0.05) is 35.7 Å². The van der Waals surface area contributed by atoms with E-state index >= 15 is 0 Å². The molecule has 0 bridgehead atoms. The summed E-state index contributed by atoms with van der Waals surface area (Å²) in [5.74, 6) is 0.517. The highest BCUT2D eigenvalue weighted by Crippen LogP contribution is 2.23. The SMILES string of the molecule is COc1ccc(-c2nc3scc(CCNC(=O)C(=O)Nc4cccc(OC)c4)n3n2)cc1. The van der Waals surface area contributed by atoms with E-state index in [1.807, 2.05) is 29.6 Å². The number of fused-ring (bicyclic) bond motifs is 1. The number of benzene rings is 2. The molecule has 9 nitrogen and oxygen atoms in total. The first-order chi connectivity index (χ1) is 15.6. The van der Waals surface area contributed by atoms with Crippen LogP contribution in [0, 0.1) is 0 Å². The molecular formula is C22H21N5O4S. The van der Waals surface area contributed by atoms with Crippen LogP contribution in [0.1, 0.15) is 5.69 Å². The third kappa shape index (κ3) is 4.70. The Kier molecular flexibility index (Phi) is 6.31. The zero-order valence-corrected chi connectivity index (χ0v) is 18.3. The summed E-state index contributed by atoms with van der Waals surface area (Å²) >= 11 is 1.47. The van der Waals surface area contributed by atoms with Crippen molar-refractivity contribution in [2.75, 3.05) is 26.1 Å². The van der Waals surface area contributed by atoms with Crippen LogP contribution in [0.25, 0.3) is 16.3 Å². The normalized spacial score (nSPS) is 10.7. The zero-order valence-electron chi connectivity index (χ0n) is 17.5. The largest absolute Gasteiger partial charge is 0.497 e.